The van der Waals surface area contributed by atoms with Gasteiger partial charge in [0.05, 0.1) is 13.7 Å². The zero-order valence-corrected chi connectivity index (χ0v) is 14.3. The van der Waals surface area contributed by atoms with E-state index in [-0.39, 0.29) is 10.6 Å². The van der Waals surface area contributed by atoms with Crippen LogP contribution >= 0.6 is 0 Å². The number of sulfonamides is 1. The highest BCUT2D eigenvalue weighted by molar-refractivity contribution is 7.89. The Hall–Kier alpha value is -2.52. The second-order valence-corrected chi connectivity index (χ2v) is 6.86. The van der Waals surface area contributed by atoms with Gasteiger partial charge in [-0.15, -0.1) is 0 Å². The van der Waals surface area contributed by atoms with E-state index in [1.54, 1.807) is 13.0 Å². The van der Waals surface area contributed by atoms with Crippen LogP contribution in [0.4, 0.5) is 14.5 Å². The van der Waals surface area contributed by atoms with E-state index in [2.05, 4.69) is 4.72 Å². The van der Waals surface area contributed by atoms with Crippen molar-refractivity contribution in [2.75, 3.05) is 19.0 Å². The second kappa shape index (κ2) is 7.58. The van der Waals surface area contributed by atoms with Gasteiger partial charge in [-0.3, -0.25) is 4.79 Å². The molecule has 2 aromatic rings. The van der Waals surface area contributed by atoms with Crippen LogP contribution in [0.3, 0.4) is 0 Å². The van der Waals surface area contributed by atoms with Gasteiger partial charge in [-0.2, -0.15) is 0 Å². The molecule has 2 N–H and O–H groups in total. The summed E-state index contributed by atoms with van der Waals surface area (Å²) in [5.74, 6) is -2.73. The normalized spacial score (nSPS) is 11.2. The van der Waals surface area contributed by atoms with Crippen molar-refractivity contribution in [3.8, 4) is 5.75 Å². The molecule has 9 heteroatoms. The molecule has 0 heterocycles. The Morgan fingerprint density at radius 1 is 1.16 bits per heavy atom. The largest absolute Gasteiger partial charge is 0.495 e. The van der Waals surface area contributed by atoms with Crippen LogP contribution in [0.25, 0.3) is 0 Å². The number of benzene rings is 2. The summed E-state index contributed by atoms with van der Waals surface area (Å²) >= 11 is 0. The van der Waals surface area contributed by atoms with E-state index < -0.39 is 39.8 Å². The summed E-state index contributed by atoms with van der Waals surface area (Å²) in [7, 11) is -2.74. The molecule has 2 rings (SSSR count). The van der Waals surface area contributed by atoms with Gasteiger partial charge < -0.3 is 10.1 Å². The number of aryl methyl sites for hydroxylation is 1. The van der Waals surface area contributed by atoms with Gasteiger partial charge >= 0.3 is 0 Å². The van der Waals surface area contributed by atoms with Crippen molar-refractivity contribution in [2.24, 2.45) is 0 Å². The number of hydrogen-bond acceptors (Lipinski definition) is 4. The van der Waals surface area contributed by atoms with Crippen LogP contribution in [-0.4, -0.2) is 28.0 Å². The molecule has 0 aliphatic carbocycles. The predicted octanol–water partition coefficient (Wildman–Crippen LogP) is 2.20. The molecule has 0 atom stereocenters. The number of nitrogens with one attached hydrogen (secondary N) is 2. The first-order valence-corrected chi connectivity index (χ1v) is 8.61. The van der Waals surface area contributed by atoms with Gasteiger partial charge in [0, 0.05) is 0 Å². The number of ether oxygens (including phenoxy) is 1. The molecule has 0 saturated carbocycles. The topological polar surface area (TPSA) is 84.5 Å². The van der Waals surface area contributed by atoms with Crippen LogP contribution in [0.2, 0.25) is 0 Å². The number of rotatable bonds is 6. The molecule has 2 aromatic carbocycles. The number of para-hydroxylation sites is 1. The molecular formula is C16H16F2N2O4S. The number of carbonyl (C=O) groups excluding carboxylic acids is 1. The van der Waals surface area contributed by atoms with E-state index in [0.717, 1.165) is 18.2 Å². The number of anilines is 1. The Balaban J connectivity index is 2.12. The standard InChI is InChI=1S/C16H16F2N2O4S/c1-10-6-7-13(24-2)14(8-10)25(22,23)19-9-15(21)20-16-11(17)4-3-5-12(16)18/h3-8,19H,9H2,1-2H3,(H,20,21). The number of hydrogen-bond donors (Lipinski definition) is 2. The molecule has 6 nitrogen and oxygen atoms in total. The molecule has 0 aromatic heterocycles. The second-order valence-electron chi connectivity index (χ2n) is 5.12. The van der Waals surface area contributed by atoms with Crippen LogP contribution < -0.4 is 14.8 Å². The average Bonchev–Trinajstić information content (AvgIpc) is 2.56. The predicted molar refractivity (Wildman–Crippen MR) is 87.9 cm³/mol. The summed E-state index contributed by atoms with van der Waals surface area (Å²) in [6.07, 6.45) is 0. The summed E-state index contributed by atoms with van der Waals surface area (Å²) in [5.41, 5.74) is 0.0406. The maximum atomic E-state index is 13.5. The SMILES string of the molecule is COc1ccc(C)cc1S(=O)(=O)NCC(=O)Nc1c(F)cccc1F. The lowest BCUT2D eigenvalue weighted by Crippen LogP contribution is -2.33. The zero-order valence-electron chi connectivity index (χ0n) is 13.5. The van der Waals surface area contributed by atoms with Crippen molar-refractivity contribution < 1.29 is 26.7 Å². The number of amides is 1. The molecule has 0 radical (unpaired) electrons. The Morgan fingerprint density at radius 2 is 1.80 bits per heavy atom. The lowest BCUT2D eigenvalue weighted by molar-refractivity contribution is -0.115. The number of methoxy groups -OCH3 is 1. The molecule has 0 spiro atoms. The number of carbonyl (C=O) groups is 1. The molecule has 0 fully saturated rings. The molecule has 0 aliphatic heterocycles. The molecule has 134 valence electrons. The van der Waals surface area contributed by atoms with Crippen LogP contribution in [0.5, 0.6) is 5.75 Å². The summed E-state index contributed by atoms with van der Waals surface area (Å²) in [6.45, 7) is 0.999. The zero-order chi connectivity index (χ0) is 18.6. The smallest absolute Gasteiger partial charge is 0.244 e. The molecular weight excluding hydrogens is 354 g/mol. The Kier molecular flexibility index (Phi) is 5.70. The third-order valence-electron chi connectivity index (χ3n) is 3.26. The van der Waals surface area contributed by atoms with Crippen molar-refractivity contribution in [3.05, 3.63) is 53.6 Å². The van der Waals surface area contributed by atoms with Crippen molar-refractivity contribution in [3.63, 3.8) is 0 Å². The Bertz CT molecular complexity index is 881. The van der Waals surface area contributed by atoms with Gasteiger partial charge in [0.2, 0.25) is 15.9 Å². The van der Waals surface area contributed by atoms with Crippen molar-refractivity contribution in [1.29, 1.82) is 0 Å². The van der Waals surface area contributed by atoms with E-state index in [0.29, 0.717) is 5.56 Å². The van der Waals surface area contributed by atoms with Crippen molar-refractivity contribution >= 4 is 21.6 Å². The lowest BCUT2D eigenvalue weighted by atomic mass is 10.2. The molecule has 0 bridgehead atoms. The number of halogens is 2. The molecule has 1 amide bonds. The van der Waals surface area contributed by atoms with E-state index >= 15 is 0 Å². The lowest BCUT2D eigenvalue weighted by Gasteiger charge is -2.12. The maximum absolute atomic E-state index is 13.5. The summed E-state index contributed by atoms with van der Waals surface area (Å²) < 4.78 is 58.7. The third kappa shape index (κ3) is 4.52. The molecule has 25 heavy (non-hydrogen) atoms. The van der Waals surface area contributed by atoms with Gasteiger partial charge in [0.25, 0.3) is 0 Å². The van der Waals surface area contributed by atoms with Gasteiger partial charge in [-0.1, -0.05) is 12.1 Å². The minimum atomic E-state index is -4.06. The van der Waals surface area contributed by atoms with Crippen LogP contribution in [0.15, 0.2) is 41.3 Å². The summed E-state index contributed by atoms with van der Waals surface area (Å²) in [4.78, 5) is 11.7. The monoisotopic (exact) mass is 370 g/mol. The third-order valence-corrected chi connectivity index (χ3v) is 4.68. The first-order chi connectivity index (χ1) is 11.7. The first kappa shape index (κ1) is 18.8. The Labute approximate surface area is 143 Å². The fourth-order valence-electron chi connectivity index (χ4n) is 2.03. The van der Waals surface area contributed by atoms with Crippen LogP contribution in [-0.2, 0) is 14.8 Å². The fourth-order valence-corrected chi connectivity index (χ4v) is 3.27. The van der Waals surface area contributed by atoms with E-state index in [9.17, 15) is 22.0 Å². The van der Waals surface area contributed by atoms with E-state index in [4.69, 9.17) is 4.74 Å². The van der Waals surface area contributed by atoms with E-state index in [1.165, 1.54) is 19.2 Å². The quantitative estimate of drug-likeness (QED) is 0.816. The van der Waals surface area contributed by atoms with Crippen molar-refractivity contribution in [1.82, 2.24) is 4.72 Å². The van der Waals surface area contributed by atoms with Crippen LogP contribution in [0, 0.1) is 18.6 Å². The summed E-state index contributed by atoms with van der Waals surface area (Å²) in [5, 5.41) is 2.00. The first-order valence-electron chi connectivity index (χ1n) is 7.13. The minimum absolute atomic E-state index is 0.110. The Morgan fingerprint density at radius 3 is 2.40 bits per heavy atom. The maximum Gasteiger partial charge on any atom is 0.244 e. The minimum Gasteiger partial charge on any atom is -0.495 e. The highest BCUT2D eigenvalue weighted by Crippen LogP contribution is 2.24. The van der Waals surface area contributed by atoms with Gasteiger partial charge in [0.15, 0.2) is 0 Å². The summed E-state index contributed by atoms with van der Waals surface area (Å²) in [6, 6.07) is 7.63. The molecule has 0 aliphatic rings. The average molecular weight is 370 g/mol. The van der Waals surface area contributed by atoms with Crippen molar-refractivity contribution in [2.45, 2.75) is 11.8 Å². The van der Waals surface area contributed by atoms with Gasteiger partial charge in [0.1, 0.15) is 28.0 Å². The van der Waals surface area contributed by atoms with Gasteiger partial charge in [-0.05, 0) is 36.8 Å². The van der Waals surface area contributed by atoms with Crippen LogP contribution in [0.1, 0.15) is 5.56 Å². The highest BCUT2D eigenvalue weighted by Gasteiger charge is 2.21. The van der Waals surface area contributed by atoms with E-state index in [1.807, 2.05) is 5.32 Å². The molecule has 0 saturated heterocycles. The highest BCUT2D eigenvalue weighted by atomic mass is 32.2. The fraction of sp³-hybridized carbons (Fsp3) is 0.188. The molecule has 0 unspecified atom stereocenters. The van der Waals surface area contributed by atoms with Gasteiger partial charge in [-0.25, -0.2) is 21.9 Å².